The van der Waals surface area contributed by atoms with E-state index in [9.17, 15) is 27.9 Å². The summed E-state index contributed by atoms with van der Waals surface area (Å²) in [5, 5.41) is 13.0. The van der Waals surface area contributed by atoms with E-state index in [1.165, 1.54) is 24.1 Å². The molecule has 32 heavy (non-hydrogen) atoms. The molecule has 3 atom stereocenters. The molecular weight excluding hydrogens is 433 g/mol. The fourth-order valence-electron chi connectivity index (χ4n) is 4.11. The lowest BCUT2D eigenvalue weighted by Crippen LogP contribution is -2.47. The van der Waals surface area contributed by atoms with Crippen LogP contribution in [0.3, 0.4) is 0 Å². The van der Waals surface area contributed by atoms with Crippen LogP contribution < -0.4 is 20.5 Å². The average Bonchev–Trinajstić information content (AvgIpc) is 3.00. The Balaban J connectivity index is 1.60. The second-order valence-electron chi connectivity index (χ2n) is 8.17. The van der Waals surface area contributed by atoms with Gasteiger partial charge in [0.05, 0.1) is 19.1 Å². The van der Waals surface area contributed by atoms with Crippen LogP contribution in [-0.2, 0) is 0 Å². The summed E-state index contributed by atoms with van der Waals surface area (Å²) in [6.07, 6.45) is -4.54. The Morgan fingerprint density at radius 3 is 2.56 bits per heavy atom. The van der Waals surface area contributed by atoms with Crippen LogP contribution >= 0.6 is 0 Å². The first-order valence-electron chi connectivity index (χ1n) is 10.4. The van der Waals surface area contributed by atoms with Gasteiger partial charge in [0.2, 0.25) is 11.8 Å². The van der Waals surface area contributed by atoms with E-state index in [-0.39, 0.29) is 29.5 Å². The molecule has 1 aromatic heterocycles. The molecule has 2 unspecified atom stereocenters. The van der Waals surface area contributed by atoms with Gasteiger partial charge in [-0.05, 0) is 38.2 Å². The molecule has 1 saturated heterocycles. The zero-order chi connectivity index (χ0) is 23.6. The van der Waals surface area contributed by atoms with Gasteiger partial charge in [0.15, 0.2) is 6.23 Å². The lowest BCUT2D eigenvalue weighted by molar-refractivity contribution is -0.174. The lowest BCUT2D eigenvalue weighted by Gasteiger charge is -2.36. The molecule has 3 rings (SSSR count). The van der Waals surface area contributed by atoms with E-state index in [0.717, 1.165) is 6.92 Å². The first-order valence-corrected chi connectivity index (χ1v) is 10.4. The maximum absolute atomic E-state index is 12.9. The number of urea groups is 1. The van der Waals surface area contributed by atoms with Crippen molar-refractivity contribution in [2.24, 2.45) is 11.7 Å². The molecule has 1 aromatic rings. The summed E-state index contributed by atoms with van der Waals surface area (Å²) in [5.41, 5.74) is 5.49. The Bertz CT molecular complexity index is 845. The van der Waals surface area contributed by atoms with Gasteiger partial charge in [0.1, 0.15) is 11.7 Å². The fraction of sp³-hybridized carbons (Fsp3) is 0.650. The summed E-state index contributed by atoms with van der Waals surface area (Å²) in [6, 6.07) is 1.04. The van der Waals surface area contributed by atoms with Crippen molar-refractivity contribution >= 4 is 11.9 Å². The quantitative estimate of drug-likeness (QED) is 0.573. The predicted molar refractivity (Wildman–Crippen MR) is 106 cm³/mol. The number of amides is 3. The van der Waals surface area contributed by atoms with Crippen molar-refractivity contribution in [2.75, 3.05) is 7.11 Å². The van der Waals surface area contributed by atoms with E-state index in [2.05, 4.69) is 10.3 Å². The maximum Gasteiger partial charge on any atom is 0.391 e. The van der Waals surface area contributed by atoms with E-state index in [0.29, 0.717) is 25.7 Å². The summed E-state index contributed by atoms with van der Waals surface area (Å²) in [4.78, 5) is 29.4. The van der Waals surface area contributed by atoms with Crippen LogP contribution in [0, 0.1) is 5.92 Å². The number of nitrogens with two attached hydrogens (primary N) is 1. The van der Waals surface area contributed by atoms with Gasteiger partial charge in [-0.3, -0.25) is 9.69 Å². The molecule has 2 aliphatic rings. The third kappa shape index (κ3) is 5.17. The molecule has 4 N–H and O–H groups in total. The Morgan fingerprint density at radius 2 is 2.00 bits per heavy atom. The van der Waals surface area contributed by atoms with Gasteiger partial charge in [-0.15, -0.1) is 0 Å². The van der Waals surface area contributed by atoms with E-state index in [1.54, 1.807) is 0 Å². The van der Waals surface area contributed by atoms with Gasteiger partial charge in [0, 0.05) is 12.1 Å². The number of rotatable bonds is 7. The number of alkyl halides is 3. The predicted octanol–water partition coefficient (Wildman–Crippen LogP) is 2.18. The number of pyridine rings is 1. The third-order valence-electron chi connectivity index (χ3n) is 5.98. The molecule has 0 radical (unpaired) electrons. The Morgan fingerprint density at radius 1 is 1.34 bits per heavy atom. The van der Waals surface area contributed by atoms with Crippen molar-refractivity contribution in [1.82, 2.24) is 15.2 Å². The number of aliphatic hydroxyl groups excluding tert-OH is 1. The SMILES string of the molecule is COc1ccc(C(N)=O)c(OC2CCC(N3C(=O)N[C@@H](CC(C)C(F)(F)F)C3O)CC2)n1. The number of nitrogens with zero attached hydrogens (tertiary/aromatic N) is 2. The number of nitrogens with one attached hydrogen (secondary N) is 1. The number of hydrogen-bond acceptors (Lipinski definition) is 6. The van der Waals surface area contributed by atoms with Crippen LogP contribution in [0.15, 0.2) is 12.1 Å². The second kappa shape index (κ2) is 9.39. The van der Waals surface area contributed by atoms with Gasteiger partial charge in [0.25, 0.3) is 5.91 Å². The van der Waals surface area contributed by atoms with Crippen molar-refractivity contribution in [3.63, 3.8) is 0 Å². The normalized spacial score (nSPS) is 27.1. The number of aliphatic hydroxyl groups is 1. The van der Waals surface area contributed by atoms with Crippen LogP contribution in [0.25, 0.3) is 0 Å². The first kappa shape index (κ1) is 23.9. The number of aromatic nitrogens is 1. The minimum absolute atomic E-state index is 0.0560. The Labute approximate surface area is 183 Å². The highest BCUT2D eigenvalue weighted by Gasteiger charge is 2.46. The van der Waals surface area contributed by atoms with Crippen LogP contribution in [-0.4, -0.2) is 64.6 Å². The van der Waals surface area contributed by atoms with Crippen molar-refractivity contribution < 1.29 is 37.3 Å². The van der Waals surface area contributed by atoms with Crippen LogP contribution in [0.5, 0.6) is 11.8 Å². The molecule has 9 nitrogen and oxygen atoms in total. The van der Waals surface area contributed by atoms with Gasteiger partial charge < -0.3 is 25.6 Å². The molecule has 12 heteroatoms. The molecule has 2 fully saturated rings. The van der Waals surface area contributed by atoms with E-state index < -0.39 is 42.7 Å². The van der Waals surface area contributed by atoms with E-state index in [1.807, 2.05) is 0 Å². The summed E-state index contributed by atoms with van der Waals surface area (Å²) in [5.74, 6) is -2.03. The molecule has 178 valence electrons. The smallest absolute Gasteiger partial charge is 0.391 e. The average molecular weight is 460 g/mol. The minimum Gasteiger partial charge on any atom is -0.481 e. The van der Waals surface area contributed by atoms with Crippen LogP contribution in [0.2, 0.25) is 0 Å². The number of carbonyl (C=O) groups is 2. The molecule has 0 spiro atoms. The molecular formula is C20H27F3N4O5. The Kier molecular flexibility index (Phi) is 7.01. The Hall–Kier alpha value is -2.76. The maximum atomic E-state index is 12.9. The highest BCUT2D eigenvalue weighted by atomic mass is 19.4. The fourth-order valence-corrected chi connectivity index (χ4v) is 4.11. The van der Waals surface area contributed by atoms with Crippen LogP contribution in [0.4, 0.5) is 18.0 Å². The standard InChI is InChI=1S/C20H27F3N4O5/c1-10(20(21,22)23)9-14-18(29)27(19(30)25-14)11-3-5-12(6-4-11)32-17-13(16(24)28)7-8-15(26-17)31-2/h7-8,10-12,14,18,29H,3-6,9H2,1-2H3,(H2,24,28)(H,25,30)/t10?,11?,12?,14-,18?/m0/s1. The first-order chi connectivity index (χ1) is 15.0. The van der Waals surface area contributed by atoms with Crippen molar-refractivity contribution in [2.45, 2.75) is 69.6 Å². The molecule has 1 aliphatic heterocycles. The lowest BCUT2D eigenvalue weighted by atomic mass is 9.91. The van der Waals surface area contributed by atoms with E-state index in [4.69, 9.17) is 15.2 Å². The van der Waals surface area contributed by atoms with Gasteiger partial charge >= 0.3 is 12.2 Å². The van der Waals surface area contributed by atoms with E-state index >= 15 is 0 Å². The molecule has 0 bridgehead atoms. The minimum atomic E-state index is -4.40. The third-order valence-corrected chi connectivity index (χ3v) is 5.98. The van der Waals surface area contributed by atoms with Crippen molar-refractivity contribution in [3.8, 4) is 11.8 Å². The van der Waals surface area contributed by atoms with Crippen LogP contribution in [0.1, 0.15) is 49.4 Å². The molecule has 1 aliphatic carbocycles. The van der Waals surface area contributed by atoms with Gasteiger partial charge in [-0.25, -0.2) is 4.79 Å². The highest BCUT2D eigenvalue weighted by Crippen LogP contribution is 2.34. The number of hydrogen-bond donors (Lipinski definition) is 3. The number of carbonyl (C=O) groups excluding carboxylic acids is 2. The topological polar surface area (TPSA) is 127 Å². The van der Waals surface area contributed by atoms with Crippen molar-refractivity contribution in [1.29, 1.82) is 0 Å². The summed E-state index contributed by atoms with van der Waals surface area (Å²) >= 11 is 0. The number of ether oxygens (including phenoxy) is 2. The summed E-state index contributed by atoms with van der Waals surface area (Å²) in [6.45, 7) is 1.02. The zero-order valence-corrected chi connectivity index (χ0v) is 17.8. The number of primary amides is 1. The summed E-state index contributed by atoms with van der Waals surface area (Å²) in [7, 11) is 1.43. The summed E-state index contributed by atoms with van der Waals surface area (Å²) < 4.78 is 49.5. The number of methoxy groups -OCH3 is 1. The monoisotopic (exact) mass is 460 g/mol. The largest absolute Gasteiger partial charge is 0.481 e. The highest BCUT2D eigenvalue weighted by molar-refractivity contribution is 5.95. The zero-order valence-electron chi connectivity index (χ0n) is 17.8. The molecule has 1 saturated carbocycles. The van der Waals surface area contributed by atoms with Gasteiger partial charge in [-0.2, -0.15) is 18.2 Å². The van der Waals surface area contributed by atoms with Gasteiger partial charge in [-0.1, -0.05) is 6.92 Å². The number of halogens is 3. The molecule has 0 aromatic carbocycles. The molecule has 3 amide bonds. The molecule has 2 heterocycles. The second-order valence-corrected chi connectivity index (χ2v) is 8.17. The van der Waals surface area contributed by atoms with Crippen molar-refractivity contribution in [3.05, 3.63) is 17.7 Å².